The van der Waals surface area contributed by atoms with E-state index >= 15 is 0 Å². The first-order valence-electron chi connectivity index (χ1n) is 27.5. The molecule has 432 valence electrons. The summed E-state index contributed by atoms with van der Waals surface area (Å²) in [4.78, 5) is 25.6. The second kappa shape index (κ2) is 34.9. The Balaban J connectivity index is 0.000000536. The summed E-state index contributed by atoms with van der Waals surface area (Å²) in [5.41, 5.74) is 13.4. The van der Waals surface area contributed by atoms with Crippen molar-refractivity contribution in [2.45, 2.75) is 102 Å². The van der Waals surface area contributed by atoms with Gasteiger partial charge >= 0.3 is 33.6 Å². The van der Waals surface area contributed by atoms with Crippen LogP contribution in [0.25, 0.3) is 0 Å². The summed E-state index contributed by atoms with van der Waals surface area (Å²) in [7, 11) is 13.4. The molecule has 6 aromatic rings. The maximum atomic E-state index is 8.89. The van der Waals surface area contributed by atoms with E-state index in [1.807, 2.05) is 0 Å². The first-order chi connectivity index (χ1) is 36.9. The van der Waals surface area contributed by atoms with Crippen molar-refractivity contribution in [1.29, 1.82) is 5.26 Å². The fraction of sp³-hybridized carbons (Fsp3) is 0.424. The van der Waals surface area contributed by atoms with E-state index in [-0.39, 0.29) is 44.4 Å². The van der Waals surface area contributed by atoms with E-state index in [2.05, 4.69) is 259 Å². The van der Waals surface area contributed by atoms with Crippen LogP contribution < -0.4 is 27.0 Å². The van der Waals surface area contributed by atoms with Crippen LogP contribution in [0.3, 0.4) is 0 Å². The molecule has 0 fully saturated rings. The molecule has 1 heterocycles. The van der Waals surface area contributed by atoms with Crippen LogP contribution in [0.4, 0.5) is 0 Å². The van der Waals surface area contributed by atoms with Crippen LogP contribution in [0, 0.1) is 11.3 Å². The number of hydrogen-bond donors (Lipinski definition) is 0. The van der Waals surface area contributed by atoms with Gasteiger partial charge in [0.1, 0.15) is 6.15 Å². The van der Waals surface area contributed by atoms with E-state index in [1.54, 1.807) is 6.07 Å². The number of rotatable bonds is 4. The molecule has 4 bridgehead atoms. The zero-order chi connectivity index (χ0) is 57.6. The second-order valence-electron chi connectivity index (χ2n) is 23.5. The number of carbonyl (C=O) groups is 1. The predicted octanol–water partition coefficient (Wildman–Crippen LogP) is 7.74. The molecule has 0 saturated carbocycles. The minimum atomic E-state index is -1.22. The fourth-order valence-corrected chi connectivity index (χ4v) is 10.5. The molecule has 1 aliphatic heterocycles. The number of likely N-dealkylation sites (N-methyl/N-ethyl adjacent to an activating group) is 6. The molecule has 80 heavy (non-hydrogen) atoms. The Morgan fingerprint density at radius 1 is 0.450 bits per heavy atom. The smallest absolute Gasteiger partial charge is 0.779 e. The second-order valence-corrected chi connectivity index (χ2v) is 24.3. The van der Waals surface area contributed by atoms with E-state index in [4.69, 9.17) is 40.4 Å². The number of aliphatic carboxylic acids is 1. The summed E-state index contributed by atoms with van der Waals surface area (Å²) < 4.78 is 0. The van der Waals surface area contributed by atoms with E-state index in [9.17, 15) is 0 Å². The standard InChI is InChI=1S/C38H66N6S2.C24H20B.C2H3N.C2H4O2.2Co/c1-37(2,3)33-21-29-25-41(9)17-13-39(7)15-19-43(11)27-31-23-34(38(4,5)6)24-32(36(31)46)28-44(12)20-16-40(8)14-18-42(10)26-30(22-33)35(29)45;1-5-13-21(14-6-1)25(22-15-7-2-8-16-22,23-17-9-3-10-18-23)24-19-11-4-12-20-24;1-2-3;1-2(3)4;;/h21-24,45-46H,13-20,25-28H2,1-12H3;1-20H;1H3;1H3,(H,3,4);;/q;-1;;;2*+3/p-3. The van der Waals surface area contributed by atoms with Crippen LogP contribution in [0.1, 0.15) is 88.8 Å². The molecule has 14 heteroatoms. The van der Waals surface area contributed by atoms with Crippen molar-refractivity contribution in [3.05, 3.63) is 179 Å². The van der Waals surface area contributed by atoms with E-state index in [1.165, 1.54) is 62.2 Å². The Morgan fingerprint density at radius 3 is 0.800 bits per heavy atom. The van der Waals surface area contributed by atoms with Gasteiger partial charge in [0.2, 0.25) is 0 Å². The minimum absolute atomic E-state index is 0. The van der Waals surface area contributed by atoms with Gasteiger partial charge in [-0.25, -0.2) is 0 Å². The summed E-state index contributed by atoms with van der Waals surface area (Å²) in [6.45, 7) is 27.8. The van der Waals surface area contributed by atoms with E-state index in [0.29, 0.717) is 0 Å². The Bertz CT molecular complexity index is 2440. The number of hydrogen-bond acceptors (Lipinski definition) is 11. The van der Waals surface area contributed by atoms with Crippen LogP contribution in [-0.2, 0) is 101 Å². The molecular formula is C66H90BCo2N7O2S2+2. The maximum absolute atomic E-state index is 8.89. The summed E-state index contributed by atoms with van der Waals surface area (Å²) >= 11 is 12.3. The average molecular weight is 1210 g/mol. The molecule has 0 atom stereocenters. The molecule has 6 aromatic carbocycles. The quantitative estimate of drug-likeness (QED) is 0.129. The monoisotopic (exact) mass is 1210 g/mol. The largest absolute Gasteiger partial charge is 3.00 e. The van der Waals surface area contributed by atoms with Crippen LogP contribution in [-0.4, -0.2) is 136 Å². The molecule has 1 aliphatic rings. The Hall–Kier alpha value is -4.44. The zero-order valence-electron chi connectivity index (χ0n) is 50.3. The van der Waals surface area contributed by atoms with Crippen molar-refractivity contribution in [2.75, 3.05) is 94.6 Å². The topological polar surface area (TPSA) is 83.4 Å². The summed E-state index contributed by atoms with van der Waals surface area (Å²) in [6.07, 6.45) is -1.22. The zero-order valence-corrected chi connectivity index (χ0v) is 54.1. The molecule has 0 aromatic heterocycles. The molecule has 0 amide bonds. The first-order valence-corrected chi connectivity index (χ1v) is 28.4. The van der Waals surface area contributed by atoms with Crippen molar-refractivity contribution >= 4 is 59.2 Å². The Kier molecular flexibility index (Phi) is 31.2. The van der Waals surface area contributed by atoms with Gasteiger partial charge in [-0.15, -0.1) is 0 Å². The number of nitriles is 1. The third-order valence-corrected chi connectivity index (χ3v) is 15.7. The molecule has 0 spiro atoms. The fourth-order valence-electron chi connectivity index (χ4n) is 10.0. The number of nitrogens with zero attached hydrogens (tertiary/aromatic N) is 7. The van der Waals surface area contributed by atoms with E-state index in [0.717, 1.165) is 95.3 Å². The van der Waals surface area contributed by atoms with Gasteiger partial charge in [0.15, 0.2) is 0 Å². The van der Waals surface area contributed by atoms with Gasteiger partial charge in [0.05, 0.1) is 6.07 Å². The third-order valence-electron chi connectivity index (χ3n) is 14.6. The van der Waals surface area contributed by atoms with Crippen LogP contribution in [0.15, 0.2) is 155 Å². The van der Waals surface area contributed by atoms with Gasteiger partial charge in [-0.05, 0) is 71.2 Å². The van der Waals surface area contributed by atoms with E-state index < -0.39 is 12.1 Å². The molecular weight excluding hydrogens is 1120 g/mol. The summed E-state index contributed by atoms with van der Waals surface area (Å²) in [5.74, 6) is -1.08. The third kappa shape index (κ3) is 22.4. The van der Waals surface area contributed by atoms with Gasteiger partial charge in [0.25, 0.3) is 0 Å². The molecule has 0 unspecified atom stereocenters. The van der Waals surface area contributed by atoms with Crippen LogP contribution in [0.2, 0.25) is 0 Å². The summed E-state index contributed by atoms with van der Waals surface area (Å²) in [6, 6.07) is 54.7. The number of carbonyl (C=O) groups excluding carboxylic acids is 1. The number of carboxylic acid groups (broad SMARTS) is 1. The molecule has 0 N–H and O–H groups in total. The molecule has 0 aliphatic carbocycles. The molecule has 7 rings (SSSR count). The molecule has 0 saturated heterocycles. The van der Waals surface area contributed by atoms with Crippen molar-refractivity contribution in [3.63, 3.8) is 0 Å². The Morgan fingerprint density at radius 2 is 0.625 bits per heavy atom. The van der Waals surface area contributed by atoms with Gasteiger partial charge in [-0.3, -0.25) is 0 Å². The van der Waals surface area contributed by atoms with Crippen molar-refractivity contribution in [2.24, 2.45) is 0 Å². The number of benzene rings is 6. The van der Waals surface area contributed by atoms with Crippen LogP contribution in [0.5, 0.6) is 0 Å². The van der Waals surface area contributed by atoms with Gasteiger partial charge in [-0.2, -0.15) is 36.9 Å². The maximum Gasteiger partial charge on any atom is 3.00 e. The number of carboxylic acids is 1. The first kappa shape index (κ1) is 71.7. The predicted molar refractivity (Wildman–Crippen MR) is 334 cm³/mol. The minimum Gasteiger partial charge on any atom is -0.779 e. The van der Waals surface area contributed by atoms with Crippen LogP contribution >= 0.6 is 0 Å². The average Bonchev–Trinajstić information content (AvgIpc) is 3.39. The van der Waals surface area contributed by atoms with Gasteiger partial charge in [0, 0.05) is 91.4 Å². The van der Waals surface area contributed by atoms with Crippen molar-refractivity contribution in [1.82, 2.24) is 29.4 Å². The number of fused-ring (bicyclic) bond motifs is 4. The summed E-state index contributed by atoms with van der Waals surface area (Å²) in [5, 5.41) is 16.2. The molecule has 0 radical (unpaired) electrons. The normalized spacial score (nSPS) is 15.5. The Labute approximate surface area is 515 Å². The molecule has 9 nitrogen and oxygen atoms in total. The van der Waals surface area contributed by atoms with Gasteiger partial charge in [-0.1, -0.05) is 209 Å². The SMILES string of the molecule is CC#N.CC(=O)[O-].CN1CCN(C)Cc2cc(C(C)(C)C)cc(c2[S-])CN(C)CCN(C)CCN(C)Cc2cc(C(C)(C)C)cc(c2[S-])CN(C)CC1.[Co+3].[Co+3].c1ccc([B-](c2ccccc2)(c2ccccc2)c2ccccc2)cc1. The van der Waals surface area contributed by atoms with Crippen molar-refractivity contribution in [3.8, 4) is 6.07 Å². The van der Waals surface area contributed by atoms with Crippen molar-refractivity contribution < 1.29 is 43.5 Å². The van der Waals surface area contributed by atoms with Gasteiger partial charge < -0.3 is 64.6 Å².